The van der Waals surface area contributed by atoms with Gasteiger partial charge in [0.2, 0.25) is 0 Å². The van der Waals surface area contributed by atoms with Crippen LogP contribution in [0.25, 0.3) is 0 Å². The summed E-state index contributed by atoms with van der Waals surface area (Å²) in [6.07, 6.45) is 4.88. The van der Waals surface area contributed by atoms with Crippen molar-refractivity contribution in [3.63, 3.8) is 0 Å². The van der Waals surface area contributed by atoms with Gasteiger partial charge >= 0.3 is 0 Å². The maximum Gasteiger partial charge on any atom is 0.0566 e. The van der Waals surface area contributed by atoms with E-state index in [0.717, 1.165) is 17.4 Å². The molecule has 2 nitrogen and oxygen atoms in total. The summed E-state index contributed by atoms with van der Waals surface area (Å²) in [5, 5.41) is 0. The van der Waals surface area contributed by atoms with Gasteiger partial charge in [0.05, 0.1) is 11.9 Å². The molecule has 0 N–H and O–H groups in total. The lowest BCUT2D eigenvalue weighted by Crippen LogP contribution is -2.32. The summed E-state index contributed by atoms with van der Waals surface area (Å²) in [5.41, 5.74) is 1.19. The minimum absolute atomic E-state index is 0.566. The third-order valence-electron chi connectivity index (χ3n) is 2.49. The van der Waals surface area contributed by atoms with E-state index in [9.17, 15) is 0 Å². The molecule has 0 bridgehead atoms. The minimum atomic E-state index is 0.566. The first-order valence-corrected chi connectivity index (χ1v) is 5.85. The van der Waals surface area contributed by atoms with E-state index in [1.54, 1.807) is 0 Å². The molecule has 1 rings (SSSR count). The van der Waals surface area contributed by atoms with E-state index in [-0.39, 0.29) is 0 Å². The second-order valence-electron chi connectivity index (χ2n) is 3.40. The van der Waals surface area contributed by atoms with Crippen molar-refractivity contribution in [2.75, 3.05) is 11.4 Å². The van der Waals surface area contributed by atoms with E-state index in [1.165, 1.54) is 5.69 Å². The second kappa shape index (κ2) is 5.35. The molecule has 1 aromatic rings. The number of anilines is 1. The van der Waals surface area contributed by atoms with Crippen LogP contribution >= 0.6 is 15.9 Å². The van der Waals surface area contributed by atoms with E-state index in [0.29, 0.717) is 6.04 Å². The molecule has 14 heavy (non-hydrogen) atoms. The van der Waals surface area contributed by atoms with Crippen LogP contribution in [-0.4, -0.2) is 17.6 Å². The van der Waals surface area contributed by atoms with E-state index >= 15 is 0 Å². The predicted molar refractivity (Wildman–Crippen MR) is 64.7 cm³/mol. The van der Waals surface area contributed by atoms with Crippen LogP contribution in [0.2, 0.25) is 0 Å². The van der Waals surface area contributed by atoms with E-state index < -0.39 is 0 Å². The van der Waals surface area contributed by atoms with Crippen molar-refractivity contribution in [3.8, 4) is 0 Å². The standard InChI is InChI=1S/C11H17BrN2/c1-4-9(3)14(5-2)11-6-10(12)7-13-8-11/h6-9H,4-5H2,1-3H3. The Hall–Kier alpha value is -0.570. The molecule has 0 aliphatic carbocycles. The quantitative estimate of drug-likeness (QED) is 0.821. The maximum atomic E-state index is 4.18. The van der Waals surface area contributed by atoms with Gasteiger partial charge in [0, 0.05) is 23.3 Å². The van der Waals surface area contributed by atoms with Gasteiger partial charge in [-0.15, -0.1) is 0 Å². The van der Waals surface area contributed by atoms with Crippen LogP contribution in [0.3, 0.4) is 0 Å². The molecule has 0 radical (unpaired) electrons. The summed E-state index contributed by atoms with van der Waals surface area (Å²) < 4.78 is 1.04. The van der Waals surface area contributed by atoms with Crippen molar-refractivity contribution in [1.82, 2.24) is 4.98 Å². The first kappa shape index (κ1) is 11.5. The van der Waals surface area contributed by atoms with Gasteiger partial charge in [-0.3, -0.25) is 4.98 Å². The highest BCUT2D eigenvalue weighted by molar-refractivity contribution is 9.10. The molecule has 0 saturated heterocycles. The van der Waals surface area contributed by atoms with Crippen LogP contribution in [0.1, 0.15) is 27.2 Å². The molecule has 78 valence electrons. The Balaban J connectivity index is 2.89. The molecule has 0 spiro atoms. The van der Waals surface area contributed by atoms with Crippen LogP contribution in [-0.2, 0) is 0 Å². The lowest BCUT2D eigenvalue weighted by Gasteiger charge is -2.29. The smallest absolute Gasteiger partial charge is 0.0566 e. The molecule has 3 heteroatoms. The average Bonchev–Trinajstić information content (AvgIpc) is 2.19. The van der Waals surface area contributed by atoms with Gasteiger partial charge in [-0.25, -0.2) is 0 Å². The number of hydrogen-bond donors (Lipinski definition) is 0. The van der Waals surface area contributed by atoms with Gasteiger partial charge in [0.15, 0.2) is 0 Å². The minimum Gasteiger partial charge on any atom is -0.368 e. The molecule has 1 aromatic heterocycles. The molecular weight excluding hydrogens is 240 g/mol. The van der Waals surface area contributed by atoms with Gasteiger partial charge in [0.25, 0.3) is 0 Å². The molecule has 0 saturated carbocycles. The number of halogens is 1. The Kier molecular flexibility index (Phi) is 4.39. The van der Waals surface area contributed by atoms with Crippen LogP contribution in [0.5, 0.6) is 0 Å². The topological polar surface area (TPSA) is 16.1 Å². The van der Waals surface area contributed by atoms with Gasteiger partial charge in [-0.05, 0) is 42.3 Å². The van der Waals surface area contributed by atoms with Crippen LogP contribution in [0.4, 0.5) is 5.69 Å². The first-order valence-electron chi connectivity index (χ1n) is 5.06. The molecule has 0 aliphatic heterocycles. The predicted octanol–water partition coefficient (Wildman–Crippen LogP) is 3.47. The van der Waals surface area contributed by atoms with E-state index in [2.05, 4.69) is 52.7 Å². The fourth-order valence-electron chi connectivity index (χ4n) is 1.53. The average molecular weight is 257 g/mol. The lowest BCUT2D eigenvalue weighted by molar-refractivity contribution is 0.629. The molecule has 1 heterocycles. The third kappa shape index (κ3) is 2.71. The van der Waals surface area contributed by atoms with Crippen molar-refractivity contribution in [2.45, 2.75) is 33.2 Å². The highest BCUT2D eigenvalue weighted by Crippen LogP contribution is 2.20. The molecule has 1 unspecified atom stereocenters. The van der Waals surface area contributed by atoms with Gasteiger partial charge < -0.3 is 4.90 Å². The number of nitrogens with zero attached hydrogens (tertiary/aromatic N) is 2. The lowest BCUT2D eigenvalue weighted by atomic mass is 10.2. The van der Waals surface area contributed by atoms with Gasteiger partial charge in [-0.2, -0.15) is 0 Å². The highest BCUT2D eigenvalue weighted by Gasteiger charge is 2.10. The van der Waals surface area contributed by atoms with Crippen molar-refractivity contribution in [2.24, 2.45) is 0 Å². The zero-order valence-electron chi connectivity index (χ0n) is 9.00. The SMILES string of the molecule is CCC(C)N(CC)c1cncc(Br)c1. The van der Waals surface area contributed by atoms with Gasteiger partial charge in [-0.1, -0.05) is 6.92 Å². The maximum absolute atomic E-state index is 4.18. The molecule has 0 aromatic carbocycles. The Bertz CT molecular complexity index is 288. The fourth-order valence-corrected chi connectivity index (χ4v) is 1.88. The van der Waals surface area contributed by atoms with Gasteiger partial charge in [0.1, 0.15) is 0 Å². The summed E-state index contributed by atoms with van der Waals surface area (Å²) >= 11 is 3.44. The summed E-state index contributed by atoms with van der Waals surface area (Å²) in [7, 11) is 0. The normalized spacial score (nSPS) is 12.6. The fraction of sp³-hybridized carbons (Fsp3) is 0.545. The highest BCUT2D eigenvalue weighted by atomic mass is 79.9. The molecular formula is C11H17BrN2. The third-order valence-corrected chi connectivity index (χ3v) is 2.92. The Morgan fingerprint density at radius 3 is 2.64 bits per heavy atom. The van der Waals surface area contributed by atoms with E-state index in [1.807, 2.05) is 12.4 Å². The van der Waals surface area contributed by atoms with E-state index in [4.69, 9.17) is 0 Å². The number of pyridine rings is 1. The molecule has 0 amide bonds. The zero-order chi connectivity index (χ0) is 10.6. The number of hydrogen-bond acceptors (Lipinski definition) is 2. The summed E-state index contributed by atoms with van der Waals surface area (Å²) in [6.45, 7) is 7.64. The second-order valence-corrected chi connectivity index (χ2v) is 4.32. The monoisotopic (exact) mass is 256 g/mol. The molecule has 0 aliphatic rings. The van der Waals surface area contributed by atoms with Crippen molar-refractivity contribution >= 4 is 21.6 Å². The Labute approximate surface area is 94.5 Å². The van der Waals surface area contributed by atoms with Crippen molar-refractivity contribution in [1.29, 1.82) is 0 Å². The zero-order valence-corrected chi connectivity index (χ0v) is 10.6. The molecule has 1 atom stereocenters. The molecule has 0 fully saturated rings. The summed E-state index contributed by atoms with van der Waals surface area (Å²) in [6, 6.07) is 2.68. The van der Waals surface area contributed by atoms with Crippen LogP contribution in [0.15, 0.2) is 22.9 Å². The van der Waals surface area contributed by atoms with Crippen molar-refractivity contribution < 1.29 is 0 Å². The van der Waals surface area contributed by atoms with Crippen LogP contribution < -0.4 is 4.90 Å². The summed E-state index contributed by atoms with van der Waals surface area (Å²) in [5.74, 6) is 0. The first-order chi connectivity index (χ1) is 6.69. The largest absolute Gasteiger partial charge is 0.368 e. The Morgan fingerprint density at radius 1 is 1.43 bits per heavy atom. The van der Waals surface area contributed by atoms with Crippen LogP contribution in [0, 0.1) is 0 Å². The Morgan fingerprint density at radius 2 is 2.14 bits per heavy atom. The summed E-state index contributed by atoms with van der Waals surface area (Å²) in [4.78, 5) is 6.54. The van der Waals surface area contributed by atoms with Crippen molar-refractivity contribution in [3.05, 3.63) is 22.9 Å². The number of rotatable bonds is 4. The number of aromatic nitrogens is 1.